The Labute approximate surface area is 156 Å². The Kier molecular flexibility index (Phi) is 4.72. The fraction of sp³-hybridized carbons (Fsp3) is 0.368. The quantitative estimate of drug-likeness (QED) is 0.692. The number of nitrogens with two attached hydrogens (primary N) is 1. The number of aromatic nitrogens is 4. The predicted octanol–water partition coefficient (Wildman–Crippen LogP) is 1.81. The molecule has 1 aliphatic carbocycles. The van der Waals surface area contributed by atoms with Crippen LogP contribution in [-0.2, 0) is 17.8 Å². The van der Waals surface area contributed by atoms with Gasteiger partial charge in [-0.1, -0.05) is 29.8 Å². The number of para-hydroxylation sites is 1. The first-order valence-corrected chi connectivity index (χ1v) is 9.19. The minimum Gasteiger partial charge on any atom is -0.330 e. The largest absolute Gasteiger partial charge is 0.330 e. The van der Waals surface area contributed by atoms with E-state index in [1.807, 2.05) is 30.5 Å². The predicted molar refractivity (Wildman–Crippen MR) is 101 cm³/mol. The second kappa shape index (κ2) is 7.32. The molecule has 8 nitrogen and oxygen atoms in total. The summed E-state index contributed by atoms with van der Waals surface area (Å²) in [5, 5.41) is 11.7. The smallest absolute Gasteiger partial charge is 0.252 e. The number of nitrogens with zero attached hydrogens (tertiary/aromatic N) is 4. The van der Waals surface area contributed by atoms with E-state index in [2.05, 4.69) is 15.6 Å². The molecule has 1 saturated carbocycles. The van der Waals surface area contributed by atoms with Gasteiger partial charge in [-0.2, -0.15) is 0 Å². The summed E-state index contributed by atoms with van der Waals surface area (Å²) in [4.78, 5) is 24.8. The first kappa shape index (κ1) is 17.4. The maximum atomic E-state index is 12.8. The van der Waals surface area contributed by atoms with E-state index in [1.165, 1.54) is 4.68 Å². The number of carbonyl (C=O) groups is 2. The van der Waals surface area contributed by atoms with Crippen molar-refractivity contribution in [3.05, 3.63) is 42.2 Å². The molecule has 27 heavy (non-hydrogen) atoms. The zero-order valence-corrected chi connectivity index (χ0v) is 15.0. The van der Waals surface area contributed by atoms with E-state index in [1.54, 1.807) is 10.8 Å². The minimum absolute atomic E-state index is 0.0255. The van der Waals surface area contributed by atoms with Gasteiger partial charge in [0.25, 0.3) is 5.91 Å². The van der Waals surface area contributed by atoms with Crippen molar-refractivity contribution in [3.8, 4) is 0 Å². The highest BCUT2D eigenvalue weighted by Gasteiger charge is 2.25. The first-order chi connectivity index (χ1) is 13.2. The van der Waals surface area contributed by atoms with E-state index in [0.29, 0.717) is 18.8 Å². The Bertz CT molecular complexity index is 985. The van der Waals surface area contributed by atoms with Crippen LogP contribution < -0.4 is 11.1 Å². The second-order valence-corrected chi connectivity index (χ2v) is 6.89. The monoisotopic (exact) mass is 366 g/mol. The number of fused-ring (bicyclic) bond motifs is 1. The van der Waals surface area contributed by atoms with Crippen molar-refractivity contribution < 1.29 is 9.59 Å². The van der Waals surface area contributed by atoms with Crippen LogP contribution >= 0.6 is 0 Å². The lowest BCUT2D eigenvalue weighted by molar-refractivity contribution is -0.122. The van der Waals surface area contributed by atoms with Crippen LogP contribution in [0, 0.1) is 5.92 Å². The van der Waals surface area contributed by atoms with Gasteiger partial charge in [-0.3, -0.25) is 14.2 Å². The van der Waals surface area contributed by atoms with Crippen LogP contribution in [0.2, 0.25) is 0 Å². The molecule has 3 N–H and O–H groups in total. The zero-order chi connectivity index (χ0) is 18.8. The number of benzene rings is 1. The van der Waals surface area contributed by atoms with Gasteiger partial charge in [-0.05, 0) is 37.4 Å². The summed E-state index contributed by atoms with van der Waals surface area (Å²) in [6.07, 6.45) is 7.07. The molecular formula is C19H22N6O2. The fourth-order valence-corrected chi connectivity index (χ4v) is 3.36. The highest BCUT2D eigenvalue weighted by Crippen LogP contribution is 2.27. The summed E-state index contributed by atoms with van der Waals surface area (Å²) < 4.78 is 3.07. The van der Waals surface area contributed by atoms with Crippen molar-refractivity contribution in [2.45, 2.75) is 32.2 Å². The Hall–Kier alpha value is -3.00. The SMILES string of the molecule is NCCc1cn(C(=O)Cn2cc(NC(=O)C3CCC3)nn2)c2ccccc12. The topological polar surface area (TPSA) is 108 Å². The van der Waals surface area contributed by atoms with Gasteiger partial charge < -0.3 is 11.1 Å². The molecule has 0 aliphatic heterocycles. The number of anilines is 1. The molecule has 1 fully saturated rings. The molecule has 0 bridgehead atoms. The summed E-state index contributed by atoms with van der Waals surface area (Å²) in [5.41, 5.74) is 7.59. The first-order valence-electron chi connectivity index (χ1n) is 9.19. The molecule has 0 spiro atoms. The number of hydrogen-bond acceptors (Lipinski definition) is 5. The normalized spacial score (nSPS) is 14.3. The van der Waals surface area contributed by atoms with Gasteiger partial charge in [0.2, 0.25) is 5.91 Å². The molecule has 1 aromatic carbocycles. The number of hydrogen-bond donors (Lipinski definition) is 2. The Balaban J connectivity index is 1.49. The van der Waals surface area contributed by atoms with E-state index in [9.17, 15) is 9.59 Å². The minimum atomic E-state index is -0.128. The lowest BCUT2D eigenvalue weighted by Gasteiger charge is -2.23. The molecule has 0 unspecified atom stereocenters. The van der Waals surface area contributed by atoms with Crippen molar-refractivity contribution in [2.24, 2.45) is 11.7 Å². The fourth-order valence-electron chi connectivity index (χ4n) is 3.36. The van der Waals surface area contributed by atoms with E-state index in [4.69, 9.17) is 5.73 Å². The molecule has 140 valence electrons. The van der Waals surface area contributed by atoms with E-state index in [-0.39, 0.29) is 24.3 Å². The van der Waals surface area contributed by atoms with Crippen LogP contribution in [0.4, 0.5) is 5.82 Å². The van der Waals surface area contributed by atoms with Crippen LogP contribution in [0.25, 0.3) is 10.9 Å². The maximum absolute atomic E-state index is 12.8. The van der Waals surface area contributed by atoms with Crippen LogP contribution in [0.15, 0.2) is 36.7 Å². The van der Waals surface area contributed by atoms with Crippen molar-refractivity contribution >= 4 is 28.5 Å². The molecule has 1 aliphatic rings. The third-order valence-electron chi connectivity index (χ3n) is 5.04. The molecule has 2 heterocycles. The molecule has 8 heteroatoms. The van der Waals surface area contributed by atoms with Crippen LogP contribution in [0.1, 0.15) is 29.6 Å². The molecule has 3 aromatic rings. The number of carbonyl (C=O) groups excluding carboxylic acids is 2. The third-order valence-corrected chi connectivity index (χ3v) is 5.04. The van der Waals surface area contributed by atoms with Crippen LogP contribution in [-0.4, -0.2) is 37.9 Å². The molecule has 2 aromatic heterocycles. The highest BCUT2D eigenvalue weighted by molar-refractivity contribution is 5.94. The lowest BCUT2D eigenvalue weighted by atomic mass is 9.85. The second-order valence-electron chi connectivity index (χ2n) is 6.89. The molecule has 0 saturated heterocycles. The van der Waals surface area contributed by atoms with E-state index >= 15 is 0 Å². The number of amides is 1. The lowest BCUT2D eigenvalue weighted by Crippen LogP contribution is -2.28. The molecule has 0 atom stereocenters. The van der Waals surface area contributed by atoms with E-state index in [0.717, 1.165) is 35.7 Å². The van der Waals surface area contributed by atoms with Gasteiger partial charge in [0.1, 0.15) is 6.54 Å². The standard InChI is InChI=1S/C19H22N6O2/c20-9-8-14-10-25(16-7-2-1-6-15(14)16)18(26)12-24-11-17(22-23-24)21-19(27)13-4-3-5-13/h1-2,6-7,10-11,13H,3-5,8-9,12,20H2,(H,21,27). The number of rotatable bonds is 6. The highest BCUT2D eigenvalue weighted by atomic mass is 16.2. The third kappa shape index (κ3) is 3.48. The average Bonchev–Trinajstić information content (AvgIpc) is 3.18. The van der Waals surface area contributed by atoms with Gasteiger partial charge in [0.05, 0.1) is 11.7 Å². The Morgan fingerprint density at radius 3 is 2.78 bits per heavy atom. The van der Waals surface area contributed by atoms with Gasteiger partial charge >= 0.3 is 0 Å². The van der Waals surface area contributed by atoms with E-state index < -0.39 is 0 Å². The molecule has 4 rings (SSSR count). The van der Waals surface area contributed by atoms with Gasteiger partial charge in [0, 0.05) is 17.5 Å². The van der Waals surface area contributed by atoms with Crippen molar-refractivity contribution in [1.29, 1.82) is 0 Å². The van der Waals surface area contributed by atoms with Crippen LogP contribution in [0.3, 0.4) is 0 Å². The van der Waals surface area contributed by atoms with Gasteiger partial charge in [0.15, 0.2) is 5.82 Å². The maximum Gasteiger partial charge on any atom is 0.252 e. The Morgan fingerprint density at radius 2 is 2.04 bits per heavy atom. The summed E-state index contributed by atoms with van der Waals surface area (Å²) >= 11 is 0. The summed E-state index contributed by atoms with van der Waals surface area (Å²) in [6, 6.07) is 7.76. The molecule has 0 radical (unpaired) electrons. The number of nitrogens with one attached hydrogen (secondary N) is 1. The average molecular weight is 366 g/mol. The summed E-state index contributed by atoms with van der Waals surface area (Å²) in [7, 11) is 0. The summed E-state index contributed by atoms with van der Waals surface area (Å²) in [5.74, 6) is 0.295. The summed E-state index contributed by atoms with van der Waals surface area (Å²) in [6.45, 7) is 0.558. The van der Waals surface area contributed by atoms with Crippen molar-refractivity contribution in [3.63, 3.8) is 0 Å². The Morgan fingerprint density at radius 1 is 1.22 bits per heavy atom. The van der Waals surface area contributed by atoms with Gasteiger partial charge in [-0.25, -0.2) is 4.68 Å². The van der Waals surface area contributed by atoms with Gasteiger partial charge in [-0.15, -0.1) is 5.10 Å². The van der Waals surface area contributed by atoms with Crippen LogP contribution in [0.5, 0.6) is 0 Å². The molecule has 1 amide bonds. The molecular weight excluding hydrogens is 344 g/mol. The van der Waals surface area contributed by atoms with Crippen molar-refractivity contribution in [2.75, 3.05) is 11.9 Å². The van der Waals surface area contributed by atoms with Crippen molar-refractivity contribution in [1.82, 2.24) is 19.6 Å². The zero-order valence-electron chi connectivity index (χ0n) is 15.0.